The monoisotopic (exact) mass is 293 g/mol. The number of nitrogens with zero attached hydrogens (tertiary/aromatic N) is 2. The SMILES string of the molecule is CCc1nn(C)c(CNCc2ccc(CO)cc2)c1Cl. The van der Waals surface area contributed by atoms with E-state index in [0.29, 0.717) is 6.54 Å². The molecule has 1 aromatic carbocycles. The highest BCUT2D eigenvalue weighted by Crippen LogP contribution is 2.20. The van der Waals surface area contributed by atoms with E-state index in [1.807, 2.05) is 42.9 Å². The van der Waals surface area contributed by atoms with Crippen LogP contribution in [-0.2, 0) is 33.2 Å². The summed E-state index contributed by atoms with van der Waals surface area (Å²) in [5, 5.41) is 17.5. The first-order valence-corrected chi connectivity index (χ1v) is 7.13. The Balaban J connectivity index is 1.94. The zero-order valence-corrected chi connectivity index (χ0v) is 12.6. The maximum Gasteiger partial charge on any atom is 0.0863 e. The number of benzene rings is 1. The van der Waals surface area contributed by atoms with Gasteiger partial charge in [0, 0.05) is 20.1 Å². The molecule has 0 amide bonds. The van der Waals surface area contributed by atoms with Gasteiger partial charge in [-0.05, 0) is 17.5 Å². The van der Waals surface area contributed by atoms with Gasteiger partial charge in [-0.15, -0.1) is 0 Å². The Morgan fingerprint density at radius 1 is 1.20 bits per heavy atom. The van der Waals surface area contributed by atoms with E-state index in [2.05, 4.69) is 10.4 Å². The molecule has 0 atom stereocenters. The molecule has 0 unspecified atom stereocenters. The third kappa shape index (κ3) is 3.39. The summed E-state index contributed by atoms with van der Waals surface area (Å²) in [5.41, 5.74) is 4.06. The minimum Gasteiger partial charge on any atom is -0.392 e. The largest absolute Gasteiger partial charge is 0.392 e. The van der Waals surface area contributed by atoms with Gasteiger partial charge in [-0.3, -0.25) is 4.68 Å². The molecule has 2 rings (SSSR count). The topological polar surface area (TPSA) is 50.1 Å². The van der Waals surface area contributed by atoms with Crippen LogP contribution >= 0.6 is 11.6 Å². The zero-order chi connectivity index (χ0) is 14.5. The van der Waals surface area contributed by atoms with Gasteiger partial charge in [-0.25, -0.2) is 0 Å². The second kappa shape index (κ2) is 6.88. The molecular weight excluding hydrogens is 274 g/mol. The summed E-state index contributed by atoms with van der Waals surface area (Å²) in [6.07, 6.45) is 0.843. The first-order valence-electron chi connectivity index (χ1n) is 6.75. The fourth-order valence-electron chi connectivity index (χ4n) is 2.10. The van der Waals surface area contributed by atoms with Gasteiger partial charge in [0.2, 0.25) is 0 Å². The van der Waals surface area contributed by atoms with Crippen molar-refractivity contribution in [2.75, 3.05) is 0 Å². The van der Waals surface area contributed by atoms with Crippen molar-refractivity contribution in [2.24, 2.45) is 7.05 Å². The first-order chi connectivity index (χ1) is 9.65. The summed E-state index contributed by atoms with van der Waals surface area (Å²) in [4.78, 5) is 0. The second-order valence-electron chi connectivity index (χ2n) is 4.76. The van der Waals surface area contributed by atoms with Crippen molar-refractivity contribution in [3.8, 4) is 0 Å². The highest BCUT2D eigenvalue weighted by molar-refractivity contribution is 6.31. The normalized spacial score (nSPS) is 11.0. The summed E-state index contributed by atoms with van der Waals surface area (Å²) < 4.78 is 1.84. The summed E-state index contributed by atoms with van der Waals surface area (Å²) in [6, 6.07) is 7.90. The fourth-order valence-corrected chi connectivity index (χ4v) is 2.46. The van der Waals surface area contributed by atoms with Crippen molar-refractivity contribution >= 4 is 11.6 Å². The lowest BCUT2D eigenvalue weighted by Crippen LogP contribution is -2.15. The van der Waals surface area contributed by atoms with Gasteiger partial charge in [-0.2, -0.15) is 5.10 Å². The average Bonchev–Trinajstić information content (AvgIpc) is 2.75. The molecule has 0 saturated heterocycles. The Morgan fingerprint density at radius 2 is 1.85 bits per heavy atom. The minimum absolute atomic E-state index is 0.0815. The predicted molar refractivity (Wildman–Crippen MR) is 80.5 cm³/mol. The van der Waals surface area contributed by atoms with E-state index < -0.39 is 0 Å². The van der Waals surface area contributed by atoms with Crippen molar-refractivity contribution in [1.29, 1.82) is 0 Å². The van der Waals surface area contributed by atoms with E-state index in [1.54, 1.807) is 0 Å². The van der Waals surface area contributed by atoms with Crippen molar-refractivity contribution < 1.29 is 5.11 Å². The minimum atomic E-state index is 0.0815. The second-order valence-corrected chi connectivity index (χ2v) is 5.14. The van der Waals surface area contributed by atoms with E-state index in [9.17, 15) is 0 Å². The number of halogens is 1. The van der Waals surface area contributed by atoms with Gasteiger partial charge >= 0.3 is 0 Å². The van der Waals surface area contributed by atoms with Gasteiger partial charge in [0.15, 0.2) is 0 Å². The van der Waals surface area contributed by atoms with Crippen LogP contribution in [0.2, 0.25) is 5.02 Å². The molecule has 4 nitrogen and oxygen atoms in total. The molecule has 0 radical (unpaired) electrons. The van der Waals surface area contributed by atoms with E-state index in [-0.39, 0.29) is 6.61 Å². The van der Waals surface area contributed by atoms with Crippen LogP contribution in [0.3, 0.4) is 0 Å². The van der Waals surface area contributed by atoms with Crippen molar-refractivity contribution in [3.63, 3.8) is 0 Å². The fraction of sp³-hybridized carbons (Fsp3) is 0.400. The van der Waals surface area contributed by atoms with Crippen LogP contribution in [0.1, 0.15) is 29.4 Å². The molecule has 0 bridgehead atoms. The molecule has 0 saturated carbocycles. The molecule has 0 spiro atoms. The average molecular weight is 294 g/mol. The highest BCUT2D eigenvalue weighted by Gasteiger charge is 2.12. The van der Waals surface area contributed by atoms with Gasteiger partial charge in [0.05, 0.1) is 23.0 Å². The van der Waals surface area contributed by atoms with Crippen LogP contribution in [0.15, 0.2) is 24.3 Å². The smallest absolute Gasteiger partial charge is 0.0863 e. The molecule has 0 aliphatic carbocycles. The molecule has 0 aliphatic heterocycles. The molecular formula is C15H20ClN3O. The molecule has 2 N–H and O–H groups in total. The number of aromatic nitrogens is 2. The zero-order valence-electron chi connectivity index (χ0n) is 11.9. The number of hydrogen-bond acceptors (Lipinski definition) is 3. The lowest BCUT2D eigenvalue weighted by atomic mass is 10.1. The van der Waals surface area contributed by atoms with Crippen LogP contribution in [-0.4, -0.2) is 14.9 Å². The lowest BCUT2D eigenvalue weighted by molar-refractivity contribution is 0.282. The van der Waals surface area contributed by atoms with Crippen LogP contribution < -0.4 is 5.32 Å². The number of rotatable bonds is 6. The lowest BCUT2D eigenvalue weighted by Gasteiger charge is -2.06. The quantitative estimate of drug-likeness (QED) is 0.860. The van der Waals surface area contributed by atoms with Crippen LogP contribution in [0.5, 0.6) is 0 Å². The Morgan fingerprint density at radius 3 is 2.40 bits per heavy atom. The molecule has 20 heavy (non-hydrogen) atoms. The maximum absolute atomic E-state index is 9.00. The van der Waals surface area contributed by atoms with Crippen molar-refractivity contribution in [1.82, 2.24) is 15.1 Å². The van der Waals surface area contributed by atoms with E-state index in [1.165, 1.54) is 5.56 Å². The number of aryl methyl sites for hydroxylation is 2. The van der Waals surface area contributed by atoms with Gasteiger partial charge < -0.3 is 10.4 Å². The number of nitrogens with one attached hydrogen (secondary N) is 1. The Hall–Kier alpha value is -1.36. The highest BCUT2D eigenvalue weighted by atomic mass is 35.5. The molecule has 2 aromatic rings. The van der Waals surface area contributed by atoms with E-state index in [0.717, 1.165) is 34.9 Å². The third-order valence-corrected chi connectivity index (χ3v) is 3.77. The molecule has 1 heterocycles. The summed E-state index contributed by atoms with van der Waals surface area (Å²) in [6.45, 7) is 3.57. The van der Waals surface area contributed by atoms with Crippen LogP contribution in [0.25, 0.3) is 0 Å². The first kappa shape index (κ1) is 15.0. The van der Waals surface area contributed by atoms with Gasteiger partial charge in [0.1, 0.15) is 0 Å². The van der Waals surface area contributed by atoms with E-state index in [4.69, 9.17) is 16.7 Å². The van der Waals surface area contributed by atoms with Gasteiger partial charge in [0.25, 0.3) is 0 Å². The summed E-state index contributed by atoms with van der Waals surface area (Å²) >= 11 is 6.30. The molecule has 5 heteroatoms. The maximum atomic E-state index is 9.00. The summed E-state index contributed by atoms with van der Waals surface area (Å²) in [5.74, 6) is 0. The molecule has 1 aromatic heterocycles. The number of aliphatic hydroxyl groups is 1. The molecule has 0 aliphatic rings. The van der Waals surface area contributed by atoms with Crippen molar-refractivity contribution in [3.05, 3.63) is 51.8 Å². The van der Waals surface area contributed by atoms with Crippen molar-refractivity contribution in [2.45, 2.75) is 33.0 Å². The standard InChI is InChI=1S/C15H20ClN3O/c1-3-13-15(16)14(19(2)18-13)9-17-8-11-4-6-12(10-20)7-5-11/h4-7,17,20H,3,8-10H2,1-2H3. The van der Waals surface area contributed by atoms with Crippen LogP contribution in [0.4, 0.5) is 0 Å². The molecule has 0 fully saturated rings. The van der Waals surface area contributed by atoms with E-state index >= 15 is 0 Å². The summed E-state index contributed by atoms with van der Waals surface area (Å²) in [7, 11) is 1.91. The Bertz CT molecular complexity index is 563. The Kier molecular flexibility index (Phi) is 5.17. The number of hydrogen-bond donors (Lipinski definition) is 2. The van der Waals surface area contributed by atoms with Gasteiger partial charge in [-0.1, -0.05) is 42.8 Å². The number of aliphatic hydroxyl groups excluding tert-OH is 1. The van der Waals surface area contributed by atoms with Crippen LogP contribution in [0, 0.1) is 0 Å². The Labute approximate surface area is 124 Å². The predicted octanol–water partition coefficient (Wildman–Crippen LogP) is 2.42. The third-order valence-electron chi connectivity index (χ3n) is 3.33. The molecule has 108 valence electrons.